The Morgan fingerprint density at radius 1 is 1.33 bits per heavy atom. The lowest BCUT2D eigenvalue weighted by Gasteiger charge is -2.22. The fourth-order valence-electron chi connectivity index (χ4n) is 0.684. The molecule has 5 nitrogen and oxygen atoms in total. The van der Waals surface area contributed by atoms with E-state index in [9.17, 15) is 14.7 Å². The van der Waals surface area contributed by atoms with Crippen LogP contribution in [0.4, 0.5) is 0 Å². The molecular formula is C7H8O5. The molecule has 1 N–H and O–H groups in total. The summed E-state index contributed by atoms with van der Waals surface area (Å²) in [4.78, 5) is 21.4. The molecule has 0 saturated heterocycles. The Balaban J connectivity index is 2.83. The van der Waals surface area contributed by atoms with Crippen molar-refractivity contribution in [3.8, 4) is 0 Å². The third-order valence-electron chi connectivity index (χ3n) is 1.32. The van der Waals surface area contributed by atoms with E-state index in [2.05, 4.69) is 9.47 Å². The van der Waals surface area contributed by atoms with Crippen molar-refractivity contribution in [2.45, 2.75) is 19.3 Å². The summed E-state index contributed by atoms with van der Waals surface area (Å²) in [7, 11) is 0. The average Bonchev–Trinajstić information content (AvgIpc) is 2.11. The SMILES string of the molecule is CCC1(O)OC(=O)C=CC(=O)O1. The van der Waals surface area contributed by atoms with Gasteiger partial charge in [-0.05, 0) is 0 Å². The first-order chi connectivity index (χ1) is 5.56. The first-order valence-corrected chi connectivity index (χ1v) is 3.42. The van der Waals surface area contributed by atoms with Crippen LogP contribution in [-0.4, -0.2) is 23.0 Å². The second kappa shape index (κ2) is 2.94. The van der Waals surface area contributed by atoms with Crippen LogP contribution in [0.25, 0.3) is 0 Å². The van der Waals surface area contributed by atoms with Gasteiger partial charge < -0.3 is 14.6 Å². The van der Waals surface area contributed by atoms with Gasteiger partial charge in [-0.1, -0.05) is 6.92 Å². The normalized spacial score (nSPS) is 21.2. The monoisotopic (exact) mass is 172 g/mol. The van der Waals surface area contributed by atoms with Crippen molar-refractivity contribution in [3.05, 3.63) is 12.2 Å². The molecule has 0 fully saturated rings. The van der Waals surface area contributed by atoms with Gasteiger partial charge in [-0.15, -0.1) is 0 Å². The molecule has 0 bridgehead atoms. The van der Waals surface area contributed by atoms with Crippen LogP contribution in [0.15, 0.2) is 12.2 Å². The molecule has 0 aliphatic carbocycles. The minimum atomic E-state index is -2.11. The van der Waals surface area contributed by atoms with E-state index in [0.29, 0.717) is 0 Å². The summed E-state index contributed by atoms with van der Waals surface area (Å²) < 4.78 is 8.81. The number of ether oxygens (including phenoxy) is 2. The van der Waals surface area contributed by atoms with Crippen LogP contribution < -0.4 is 0 Å². The van der Waals surface area contributed by atoms with E-state index in [1.807, 2.05) is 0 Å². The maximum absolute atomic E-state index is 10.7. The van der Waals surface area contributed by atoms with Gasteiger partial charge in [0.1, 0.15) is 0 Å². The van der Waals surface area contributed by atoms with Gasteiger partial charge in [0.2, 0.25) is 0 Å². The third kappa shape index (κ3) is 1.82. The number of hydrogen-bond donors (Lipinski definition) is 1. The maximum atomic E-state index is 10.7. The van der Waals surface area contributed by atoms with Crippen LogP contribution in [-0.2, 0) is 19.1 Å². The molecule has 0 aromatic carbocycles. The summed E-state index contributed by atoms with van der Waals surface area (Å²) in [5.41, 5.74) is 0. The fraction of sp³-hybridized carbons (Fsp3) is 0.429. The topological polar surface area (TPSA) is 72.8 Å². The van der Waals surface area contributed by atoms with Crippen molar-refractivity contribution < 1.29 is 24.2 Å². The molecule has 0 spiro atoms. The van der Waals surface area contributed by atoms with E-state index >= 15 is 0 Å². The molecule has 0 amide bonds. The molecular weight excluding hydrogens is 164 g/mol. The lowest BCUT2D eigenvalue weighted by atomic mass is 10.4. The van der Waals surface area contributed by atoms with Crippen LogP contribution in [0, 0.1) is 0 Å². The lowest BCUT2D eigenvalue weighted by Crippen LogP contribution is -2.37. The largest absolute Gasteiger partial charge is 0.395 e. The van der Waals surface area contributed by atoms with Crippen LogP contribution in [0.2, 0.25) is 0 Å². The zero-order valence-corrected chi connectivity index (χ0v) is 6.44. The Morgan fingerprint density at radius 3 is 2.08 bits per heavy atom. The highest BCUT2D eigenvalue weighted by atomic mass is 16.8. The summed E-state index contributed by atoms with van der Waals surface area (Å²) in [6, 6.07) is 0. The number of aliphatic hydroxyl groups is 1. The van der Waals surface area contributed by atoms with Gasteiger partial charge in [-0.3, -0.25) is 0 Å². The number of carbonyl (C=O) groups is 2. The number of hydrogen-bond acceptors (Lipinski definition) is 5. The van der Waals surface area contributed by atoms with Crippen LogP contribution in [0.3, 0.4) is 0 Å². The number of cyclic esters (lactones) is 2. The summed E-state index contributed by atoms with van der Waals surface area (Å²) >= 11 is 0. The van der Waals surface area contributed by atoms with Crippen molar-refractivity contribution in [1.82, 2.24) is 0 Å². The molecule has 12 heavy (non-hydrogen) atoms. The van der Waals surface area contributed by atoms with E-state index in [0.717, 1.165) is 12.2 Å². The van der Waals surface area contributed by atoms with Gasteiger partial charge in [0, 0.05) is 12.2 Å². The Hall–Kier alpha value is -1.36. The van der Waals surface area contributed by atoms with Crippen LogP contribution in [0.1, 0.15) is 13.3 Å². The second-order valence-corrected chi connectivity index (χ2v) is 2.24. The highest BCUT2D eigenvalue weighted by Crippen LogP contribution is 2.17. The Labute approximate surface area is 68.6 Å². The summed E-state index contributed by atoms with van der Waals surface area (Å²) in [6.45, 7) is 1.52. The van der Waals surface area contributed by atoms with Crippen molar-refractivity contribution in [2.24, 2.45) is 0 Å². The quantitative estimate of drug-likeness (QED) is 0.549. The van der Waals surface area contributed by atoms with Crippen LogP contribution >= 0.6 is 0 Å². The number of carbonyl (C=O) groups excluding carboxylic acids is 2. The van der Waals surface area contributed by atoms with Crippen LogP contribution in [0.5, 0.6) is 0 Å². The Bertz CT molecular complexity index is 222. The molecule has 0 saturated carbocycles. The standard InChI is InChI=1S/C7H8O5/c1-2-7(10)11-5(8)3-4-6(9)12-7/h3-4,10H,2H2,1H3. The van der Waals surface area contributed by atoms with E-state index in [-0.39, 0.29) is 6.42 Å². The molecule has 1 heterocycles. The minimum Gasteiger partial charge on any atom is -0.395 e. The molecule has 1 aliphatic rings. The molecule has 1 aliphatic heterocycles. The second-order valence-electron chi connectivity index (χ2n) is 2.24. The number of esters is 2. The first kappa shape index (κ1) is 8.73. The molecule has 0 radical (unpaired) electrons. The summed E-state index contributed by atoms with van der Waals surface area (Å²) in [5.74, 6) is -3.71. The molecule has 0 atom stereocenters. The van der Waals surface area contributed by atoms with E-state index in [4.69, 9.17) is 0 Å². The zero-order chi connectivity index (χ0) is 9.19. The van der Waals surface area contributed by atoms with Crippen molar-refractivity contribution in [3.63, 3.8) is 0 Å². The van der Waals surface area contributed by atoms with Crippen molar-refractivity contribution >= 4 is 11.9 Å². The summed E-state index contributed by atoms with van der Waals surface area (Å²) in [6.07, 6.45) is 1.79. The molecule has 1 rings (SSSR count). The predicted molar refractivity (Wildman–Crippen MR) is 36.6 cm³/mol. The summed E-state index contributed by atoms with van der Waals surface area (Å²) in [5, 5.41) is 9.27. The average molecular weight is 172 g/mol. The van der Waals surface area contributed by atoms with E-state index in [1.54, 1.807) is 0 Å². The zero-order valence-electron chi connectivity index (χ0n) is 6.44. The Kier molecular flexibility index (Phi) is 2.14. The maximum Gasteiger partial charge on any atom is 0.373 e. The fourth-order valence-corrected chi connectivity index (χ4v) is 0.684. The molecule has 5 heteroatoms. The predicted octanol–water partition coefficient (Wildman–Crippen LogP) is -0.301. The highest BCUT2D eigenvalue weighted by Gasteiger charge is 2.35. The van der Waals surface area contributed by atoms with Crippen molar-refractivity contribution in [2.75, 3.05) is 0 Å². The minimum absolute atomic E-state index is 0.00778. The Morgan fingerprint density at radius 2 is 1.75 bits per heavy atom. The number of rotatable bonds is 1. The van der Waals surface area contributed by atoms with Gasteiger partial charge >= 0.3 is 17.9 Å². The van der Waals surface area contributed by atoms with Crippen molar-refractivity contribution in [1.29, 1.82) is 0 Å². The van der Waals surface area contributed by atoms with Gasteiger partial charge in [0.25, 0.3) is 0 Å². The lowest BCUT2D eigenvalue weighted by molar-refractivity contribution is -0.320. The smallest absolute Gasteiger partial charge is 0.373 e. The first-order valence-electron chi connectivity index (χ1n) is 3.42. The molecule has 66 valence electrons. The van der Waals surface area contributed by atoms with Gasteiger partial charge in [-0.2, -0.15) is 0 Å². The third-order valence-corrected chi connectivity index (χ3v) is 1.32. The molecule has 0 aromatic rings. The molecule has 0 unspecified atom stereocenters. The molecule has 0 aromatic heterocycles. The van der Waals surface area contributed by atoms with E-state index < -0.39 is 17.9 Å². The van der Waals surface area contributed by atoms with Gasteiger partial charge in [0.15, 0.2) is 0 Å². The highest BCUT2D eigenvalue weighted by molar-refractivity contribution is 5.93. The van der Waals surface area contributed by atoms with Gasteiger partial charge in [-0.25, -0.2) is 9.59 Å². The van der Waals surface area contributed by atoms with Gasteiger partial charge in [0.05, 0.1) is 6.42 Å². The van der Waals surface area contributed by atoms with E-state index in [1.165, 1.54) is 6.92 Å².